The maximum absolute atomic E-state index is 10.3. The van der Waals surface area contributed by atoms with Crippen LogP contribution in [0.1, 0.15) is 32.9 Å². The summed E-state index contributed by atoms with van der Waals surface area (Å²) < 4.78 is 0. The van der Waals surface area contributed by atoms with Gasteiger partial charge >= 0.3 is 0 Å². The summed E-state index contributed by atoms with van der Waals surface area (Å²) in [6.07, 6.45) is 1.23. The number of benzene rings is 1. The van der Waals surface area contributed by atoms with Crippen LogP contribution in [0, 0.1) is 5.41 Å². The number of pyridine rings is 1. The Morgan fingerprint density at radius 1 is 1.17 bits per heavy atom. The fourth-order valence-corrected chi connectivity index (χ4v) is 1.93. The predicted octanol–water partition coefficient (Wildman–Crippen LogP) is 3.57. The van der Waals surface area contributed by atoms with Gasteiger partial charge in [-0.1, -0.05) is 45.0 Å². The monoisotopic (exact) mass is 243 g/mol. The second-order valence-electron chi connectivity index (χ2n) is 5.56. The Morgan fingerprint density at radius 3 is 2.61 bits per heavy atom. The van der Waals surface area contributed by atoms with Crippen LogP contribution in [-0.4, -0.2) is 16.2 Å². The van der Waals surface area contributed by atoms with Crippen LogP contribution < -0.4 is 0 Å². The molecule has 1 heterocycles. The molecular weight excluding hydrogens is 222 g/mol. The molecule has 2 aromatic rings. The van der Waals surface area contributed by atoms with Gasteiger partial charge in [0.15, 0.2) is 0 Å². The molecule has 2 nitrogen and oxygen atoms in total. The number of para-hydroxylation sites is 1. The molecule has 0 spiro atoms. The first-order chi connectivity index (χ1) is 8.53. The molecule has 0 radical (unpaired) electrons. The molecule has 96 valence electrons. The zero-order chi connectivity index (χ0) is 13.2. The number of aromatic nitrogens is 1. The molecule has 0 bridgehead atoms. The molecule has 0 aliphatic heterocycles. The summed E-state index contributed by atoms with van der Waals surface area (Å²) in [5.74, 6) is 0. The topological polar surface area (TPSA) is 33.1 Å². The Labute approximate surface area is 109 Å². The third-order valence-corrected chi connectivity index (χ3v) is 3.87. The molecule has 2 heteroatoms. The van der Waals surface area contributed by atoms with E-state index < -0.39 is 0 Å². The molecule has 0 aliphatic carbocycles. The summed E-state index contributed by atoms with van der Waals surface area (Å²) in [4.78, 5) is 4.60. The van der Waals surface area contributed by atoms with E-state index in [4.69, 9.17) is 0 Å². The Bertz CT molecular complexity index is 533. The number of aliphatic hydroxyl groups is 1. The van der Waals surface area contributed by atoms with E-state index >= 15 is 0 Å². The van der Waals surface area contributed by atoms with Crippen LogP contribution in [0.2, 0.25) is 0 Å². The van der Waals surface area contributed by atoms with Gasteiger partial charge in [0.25, 0.3) is 0 Å². The zero-order valence-corrected chi connectivity index (χ0v) is 11.4. The van der Waals surface area contributed by atoms with E-state index in [9.17, 15) is 5.11 Å². The van der Waals surface area contributed by atoms with E-state index in [1.165, 1.54) is 0 Å². The molecule has 0 saturated carbocycles. The molecule has 1 unspecified atom stereocenters. The maximum atomic E-state index is 10.3. The van der Waals surface area contributed by atoms with Crippen LogP contribution in [0.15, 0.2) is 36.4 Å². The van der Waals surface area contributed by atoms with Crippen LogP contribution in [0.5, 0.6) is 0 Å². The smallest absolute Gasteiger partial charge is 0.0705 e. The van der Waals surface area contributed by atoms with Crippen molar-refractivity contribution >= 4 is 10.9 Å². The second kappa shape index (κ2) is 5.07. The van der Waals surface area contributed by atoms with Gasteiger partial charge in [-0.25, -0.2) is 0 Å². The van der Waals surface area contributed by atoms with E-state index in [0.29, 0.717) is 6.42 Å². The van der Waals surface area contributed by atoms with Gasteiger partial charge in [-0.05, 0) is 24.0 Å². The lowest BCUT2D eigenvalue weighted by molar-refractivity contribution is 0.0472. The molecule has 18 heavy (non-hydrogen) atoms. The van der Waals surface area contributed by atoms with Crippen molar-refractivity contribution in [3.05, 3.63) is 42.1 Å². The van der Waals surface area contributed by atoms with Gasteiger partial charge in [0.1, 0.15) is 0 Å². The number of hydrogen-bond donors (Lipinski definition) is 1. The fourth-order valence-electron chi connectivity index (χ4n) is 1.93. The largest absolute Gasteiger partial charge is 0.392 e. The maximum Gasteiger partial charge on any atom is 0.0705 e. The van der Waals surface area contributed by atoms with Gasteiger partial charge in [0.2, 0.25) is 0 Å². The Hall–Kier alpha value is -1.41. The summed E-state index contributed by atoms with van der Waals surface area (Å²) in [6.45, 7) is 6.30. The average Bonchev–Trinajstić information content (AvgIpc) is 2.38. The standard InChI is InChI=1S/C16H21NO/c1-4-16(2,3)15(18)11-13-10-9-12-7-5-6-8-14(12)17-13/h5-10,15,18H,4,11H2,1-3H3. The molecule has 1 aromatic heterocycles. The van der Waals surface area contributed by atoms with E-state index in [0.717, 1.165) is 23.0 Å². The van der Waals surface area contributed by atoms with Gasteiger partial charge in [-0.3, -0.25) is 4.98 Å². The molecule has 0 amide bonds. The van der Waals surface area contributed by atoms with Crippen molar-refractivity contribution in [2.45, 2.75) is 39.7 Å². The predicted molar refractivity (Wildman–Crippen MR) is 75.5 cm³/mol. The highest BCUT2D eigenvalue weighted by Crippen LogP contribution is 2.27. The number of aliphatic hydroxyl groups excluding tert-OH is 1. The molecule has 1 N–H and O–H groups in total. The van der Waals surface area contributed by atoms with Crippen molar-refractivity contribution in [2.75, 3.05) is 0 Å². The second-order valence-corrected chi connectivity index (χ2v) is 5.56. The molecule has 1 atom stereocenters. The zero-order valence-electron chi connectivity index (χ0n) is 11.4. The Kier molecular flexibility index (Phi) is 3.67. The van der Waals surface area contributed by atoms with Crippen molar-refractivity contribution < 1.29 is 5.11 Å². The van der Waals surface area contributed by atoms with Crippen LogP contribution in [0.4, 0.5) is 0 Å². The van der Waals surface area contributed by atoms with Crippen LogP contribution in [0.3, 0.4) is 0 Å². The third-order valence-electron chi connectivity index (χ3n) is 3.87. The SMILES string of the molecule is CCC(C)(C)C(O)Cc1ccc2ccccc2n1. The minimum atomic E-state index is -0.351. The minimum absolute atomic E-state index is 0.0622. The third kappa shape index (κ3) is 2.70. The van der Waals surface area contributed by atoms with Crippen LogP contribution >= 0.6 is 0 Å². The molecule has 0 aliphatic rings. The first kappa shape index (κ1) is 13.0. The number of hydrogen-bond acceptors (Lipinski definition) is 2. The highest BCUT2D eigenvalue weighted by molar-refractivity contribution is 5.78. The summed E-state index contributed by atoms with van der Waals surface area (Å²) in [5.41, 5.74) is 1.90. The lowest BCUT2D eigenvalue weighted by Gasteiger charge is -2.29. The van der Waals surface area contributed by atoms with Crippen molar-refractivity contribution in [1.82, 2.24) is 4.98 Å². The molecular formula is C16H21NO. The highest BCUT2D eigenvalue weighted by Gasteiger charge is 2.26. The van der Waals surface area contributed by atoms with Crippen molar-refractivity contribution in [2.24, 2.45) is 5.41 Å². The highest BCUT2D eigenvalue weighted by atomic mass is 16.3. The minimum Gasteiger partial charge on any atom is -0.392 e. The number of fused-ring (bicyclic) bond motifs is 1. The number of rotatable bonds is 4. The molecule has 2 rings (SSSR count). The Balaban J connectivity index is 2.22. The van der Waals surface area contributed by atoms with E-state index in [1.54, 1.807) is 0 Å². The van der Waals surface area contributed by atoms with E-state index in [2.05, 4.69) is 37.9 Å². The fraction of sp³-hybridized carbons (Fsp3) is 0.438. The first-order valence-electron chi connectivity index (χ1n) is 6.55. The molecule has 1 aromatic carbocycles. The summed E-state index contributed by atoms with van der Waals surface area (Å²) in [6, 6.07) is 12.2. The van der Waals surface area contributed by atoms with E-state index in [-0.39, 0.29) is 11.5 Å². The van der Waals surface area contributed by atoms with Gasteiger partial charge < -0.3 is 5.11 Å². The van der Waals surface area contributed by atoms with Crippen molar-refractivity contribution in [3.63, 3.8) is 0 Å². The van der Waals surface area contributed by atoms with Crippen LogP contribution in [-0.2, 0) is 6.42 Å². The van der Waals surface area contributed by atoms with Gasteiger partial charge in [-0.15, -0.1) is 0 Å². The van der Waals surface area contributed by atoms with E-state index in [1.807, 2.05) is 24.3 Å². The first-order valence-corrected chi connectivity index (χ1v) is 6.55. The van der Waals surface area contributed by atoms with Gasteiger partial charge in [0, 0.05) is 17.5 Å². The lowest BCUT2D eigenvalue weighted by atomic mass is 9.82. The van der Waals surface area contributed by atoms with Crippen molar-refractivity contribution in [1.29, 1.82) is 0 Å². The van der Waals surface area contributed by atoms with Crippen molar-refractivity contribution in [3.8, 4) is 0 Å². The average molecular weight is 243 g/mol. The lowest BCUT2D eigenvalue weighted by Crippen LogP contribution is -2.30. The Morgan fingerprint density at radius 2 is 1.89 bits per heavy atom. The van der Waals surface area contributed by atoms with Crippen LogP contribution in [0.25, 0.3) is 10.9 Å². The molecule has 0 fully saturated rings. The normalized spacial score (nSPS) is 13.8. The summed E-state index contributed by atoms with van der Waals surface area (Å²) in [7, 11) is 0. The summed E-state index contributed by atoms with van der Waals surface area (Å²) >= 11 is 0. The summed E-state index contributed by atoms with van der Waals surface area (Å²) in [5, 5.41) is 11.4. The molecule has 0 saturated heterocycles. The number of nitrogens with zero attached hydrogens (tertiary/aromatic N) is 1. The van der Waals surface area contributed by atoms with Gasteiger partial charge in [-0.2, -0.15) is 0 Å². The quantitative estimate of drug-likeness (QED) is 0.890. The van der Waals surface area contributed by atoms with Gasteiger partial charge in [0.05, 0.1) is 11.6 Å².